The molecule has 0 aromatic carbocycles. The average molecular weight is 414 g/mol. The van der Waals surface area contributed by atoms with E-state index in [4.69, 9.17) is 9.26 Å². The molecule has 1 saturated carbocycles. The molecule has 0 bridgehead atoms. The molecule has 2 aliphatic rings. The maximum Gasteiger partial charge on any atom is 0.220 e. The molecule has 0 unspecified atom stereocenters. The van der Waals surface area contributed by atoms with Crippen LogP contribution in [0.5, 0.6) is 0 Å². The number of guanidine groups is 1. The van der Waals surface area contributed by atoms with Crippen LogP contribution in [0, 0.1) is 5.41 Å². The lowest BCUT2D eigenvalue weighted by molar-refractivity contribution is 0.0724. The molecule has 1 aliphatic carbocycles. The predicted molar refractivity (Wildman–Crippen MR) is 106 cm³/mol. The number of piperazine rings is 1. The summed E-state index contributed by atoms with van der Waals surface area (Å²) in [4.78, 5) is 6.54. The Hall–Kier alpha value is -1.65. The Kier molecular flexibility index (Phi) is 6.95. The van der Waals surface area contributed by atoms with E-state index in [1.165, 1.54) is 29.8 Å². The van der Waals surface area contributed by atoms with E-state index in [1.807, 2.05) is 0 Å². The summed E-state index contributed by atoms with van der Waals surface area (Å²) in [7, 11) is 0.129. The van der Waals surface area contributed by atoms with Crippen LogP contribution >= 0.6 is 0 Å². The van der Waals surface area contributed by atoms with E-state index < -0.39 is 10.0 Å². The SMILES string of the molecule is CN=C(NCC1(CCOC)CCC1)N1CCN(S(=O)(=O)Cc2ccon2)CC1. The van der Waals surface area contributed by atoms with Crippen LogP contribution in [0.25, 0.3) is 0 Å². The van der Waals surface area contributed by atoms with Gasteiger partial charge in [-0.25, -0.2) is 8.42 Å². The predicted octanol–water partition coefficient (Wildman–Crippen LogP) is 0.904. The monoisotopic (exact) mass is 413 g/mol. The summed E-state index contributed by atoms with van der Waals surface area (Å²) >= 11 is 0. The number of ether oxygens (including phenoxy) is 1. The molecule has 1 N–H and O–H groups in total. The molecule has 2 fully saturated rings. The number of sulfonamides is 1. The molecule has 158 valence electrons. The minimum atomic E-state index is -3.39. The third-order valence-electron chi connectivity index (χ3n) is 5.84. The van der Waals surface area contributed by atoms with Crippen molar-refractivity contribution in [3.05, 3.63) is 18.0 Å². The third kappa shape index (κ3) is 5.03. The largest absolute Gasteiger partial charge is 0.385 e. The first kappa shape index (κ1) is 21.1. The van der Waals surface area contributed by atoms with Gasteiger partial charge in [0.1, 0.15) is 12.0 Å². The highest BCUT2D eigenvalue weighted by molar-refractivity contribution is 7.88. The molecule has 2 heterocycles. The first-order chi connectivity index (χ1) is 13.5. The van der Waals surface area contributed by atoms with Gasteiger partial charge in [0.15, 0.2) is 5.96 Å². The van der Waals surface area contributed by atoms with Gasteiger partial charge in [0.25, 0.3) is 0 Å². The zero-order chi connectivity index (χ0) is 20.0. The highest BCUT2D eigenvalue weighted by Crippen LogP contribution is 2.43. The van der Waals surface area contributed by atoms with E-state index in [-0.39, 0.29) is 5.75 Å². The molecule has 1 saturated heterocycles. The first-order valence-electron chi connectivity index (χ1n) is 9.80. The third-order valence-corrected chi connectivity index (χ3v) is 7.65. The van der Waals surface area contributed by atoms with Crippen LogP contribution < -0.4 is 5.32 Å². The molecule has 3 rings (SSSR count). The van der Waals surface area contributed by atoms with E-state index in [0.29, 0.717) is 37.3 Å². The lowest BCUT2D eigenvalue weighted by atomic mass is 9.67. The average Bonchev–Trinajstić information content (AvgIpc) is 3.16. The molecule has 0 atom stereocenters. The quantitative estimate of drug-likeness (QED) is 0.499. The zero-order valence-corrected chi connectivity index (χ0v) is 17.6. The molecular formula is C18H31N5O4S. The van der Waals surface area contributed by atoms with Crippen molar-refractivity contribution in [2.24, 2.45) is 10.4 Å². The number of aliphatic imine (C=N–C) groups is 1. The number of nitrogens with zero attached hydrogens (tertiary/aromatic N) is 4. The highest BCUT2D eigenvalue weighted by Gasteiger charge is 2.37. The van der Waals surface area contributed by atoms with Gasteiger partial charge in [0, 0.05) is 59.6 Å². The normalized spacial score (nSPS) is 20.8. The maximum atomic E-state index is 12.6. The molecule has 1 aromatic heterocycles. The molecule has 10 heteroatoms. The number of aromatic nitrogens is 1. The van der Waals surface area contributed by atoms with Gasteiger partial charge in [0.2, 0.25) is 10.0 Å². The van der Waals surface area contributed by atoms with E-state index >= 15 is 0 Å². The van der Waals surface area contributed by atoms with Gasteiger partial charge < -0.3 is 19.5 Å². The van der Waals surface area contributed by atoms with Crippen LogP contribution in [0.15, 0.2) is 21.8 Å². The zero-order valence-electron chi connectivity index (χ0n) is 16.8. The summed E-state index contributed by atoms with van der Waals surface area (Å²) in [6.45, 7) is 3.77. The second-order valence-electron chi connectivity index (χ2n) is 7.63. The van der Waals surface area contributed by atoms with Crippen molar-refractivity contribution in [1.82, 2.24) is 19.7 Å². The van der Waals surface area contributed by atoms with Crippen molar-refractivity contribution >= 4 is 16.0 Å². The highest BCUT2D eigenvalue weighted by atomic mass is 32.2. The molecule has 0 spiro atoms. The molecule has 0 radical (unpaired) electrons. The number of hydrogen-bond acceptors (Lipinski definition) is 6. The smallest absolute Gasteiger partial charge is 0.220 e. The van der Waals surface area contributed by atoms with Gasteiger partial charge in [0.05, 0.1) is 5.69 Å². The number of rotatable bonds is 8. The van der Waals surface area contributed by atoms with Crippen molar-refractivity contribution in [2.45, 2.75) is 31.4 Å². The van der Waals surface area contributed by atoms with Crippen molar-refractivity contribution < 1.29 is 17.7 Å². The van der Waals surface area contributed by atoms with E-state index in [2.05, 4.69) is 20.4 Å². The van der Waals surface area contributed by atoms with Crippen molar-refractivity contribution in [3.63, 3.8) is 0 Å². The second kappa shape index (κ2) is 9.23. The van der Waals surface area contributed by atoms with Crippen LogP contribution in [0.4, 0.5) is 0 Å². The number of hydrogen-bond donors (Lipinski definition) is 1. The van der Waals surface area contributed by atoms with Crippen LogP contribution in [0.3, 0.4) is 0 Å². The molecular weight excluding hydrogens is 382 g/mol. The molecule has 28 heavy (non-hydrogen) atoms. The summed E-state index contributed by atoms with van der Waals surface area (Å²) in [5.74, 6) is 0.718. The van der Waals surface area contributed by atoms with Crippen LogP contribution in [0.1, 0.15) is 31.4 Å². The second-order valence-corrected chi connectivity index (χ2v) is 9.60. The summed E-state index contributed by atoms with van der Waals surface area (Å²) in [6.07, 6.45) is 6.15. The van der Waals surface area contributed by atoms with Gasteiger partial charge in [-0.05, 0) is 24.7 Å². The van der Waals surface area contributed by atoms with Crippen molar-refractivity contribution in [3.8, 4) is 0 Å². The fourth-order valence-corrected chi connectivity index (χ4v) is 5.30. The molecule has 1 aliphatic heterocycles. The Bertz CT molecular complexity index is 738. The fourth-order valence-electron chi connectivity index (χ4n) is 3.88. The topological polar surface area (TPSA) is 100 Å². The van der Waals surface area contributed by atoms with Crippen LogP contribution in [0.2, 0.25) is 0 Å². The van der Waals surface area contributed by atoms with E-state index in [0.717, 1.165) is 25.5 Å². The van der Waals surface area contributed by atoms with E-state index in [1.54, 1.807) is 20.2 Å². The van der Waals surface area contributed by atoms with Crippen LogP contribution in [-0.2, 0) is 20.5 Å². The fraction of sp³-hybridized carbons (Fsp3) is 0.778. The van der Waals surface area contributed by atoms with Crippen molar-refractivity contribution in [2.75, 3.05) is 53.5 Å². The van der Waals surface area contributed by atoms with Crippen LogP contribution in [-0.4, -0.2) is 82.2 Å². The Morgan fingerprint density at radius 1 is 1.36 bits per heavy atom. The standard InChI is InChI=1S/C18H31N5O4S/c1-19-17(20-15-18(5-3-6-18)7-13-26-2)22-8-10-23(11-9-22)28(24,25)14-16-4-12-27-21-16/h4,12H,3,5-11,13-15H2,1-2H3,(H,19,20). The number of methoxy groups -OCH3 is 1. The Balaban J connectivity index is 1.50. The number of nitrogens with one attached hydrogen (secondary N) is 1. The van der Waals surface area contributed by atoms with Gasteiger partial charge in [-0.2, -0.15) is 4.31 Å². The van der Waals surface area contributed by atoms with Crippen molar-refractivity contribution in [1.29, 1.82) is 0 Å². The lowest BCUT2D eigenvalue weighted by Gasteiger charge is -2.43. The van der Waals surface area contributed by atoms with Gasteiger partial charge in [-0.3, -0.25) is 4.99 Å². The van der Waals surface area contributed by atoms with Gasteiger partial charge in [-0.1, -0.05) is 11.6 Å². The Morgan fingerprint density at radius 2 is 2.11 bits per heavy atom. The Morgan fingerprint density at radius 3 is 2.64 bits per heavy atom. The molecule has 1 aromatic rings. The summed E-state index contributed by atoms with van der Waals surface area (Å²) in [5, 5.41) is 7.22. The van der Waals surface area contributed by atoms with E-state index in [9.17, 15) is 8.42 Å². The van der Waals surface area contributed by atoms with Gasteiger partial charge >= 0.3 is 0 Å². The summed E-state index contributed by atoms with van der Waals surface area (Å²) in [5.41, 5.74) is 0.732. The summed E-state index contributed by atoms with van der Waals surface area (Å²) < 4.78 is 36.7. The Labute approximate surface area is 167 Å². The van der Waals surface area contributed by atoms with Gasteiger partial charge in [-0.15, -0.1) is 0 Å². The summed E-state index contributed by atoms with van der Waals surface area (Å²) in [6, 6.07) is 1.58. The molecule has 0 amide bonds. The lowest BCUT2D eigenvalue weighted by Crippen LogP contribution is -2.55. The minimum Gasteiger partial charge on any atom is -0.385 e. The maximum absolute atomic E-state index is 12.6. The minimum absolute atomic E-state index is 0.126. The first-order valence-corrected chi connectivity index (χ1v) is 11.4. The molecule has 9 nitrogen and oxygen atoms in total.